The number of rotatable bonds is 3. The van der Waals surface area contributed by atoms with E-state index in [0.29, 0.717) is 6.54 Å². The molecule has 4 heteroatoms. The van der Waals surface area contributed by atoms with Gasteiger partial charge in [-0.25, -0.2) is 0 Å². The zero-order chi connectivity index (χ0) is 13.1. The maximum atomic E-state index is 11.2. The minimum Gasteiger partial charge on any atom is -0.480 e. The Hall–Kier alpha value is -0.870. The topological polar surface area (TPSA) is 40.5 Å². The lowest BCUT2D eigenvalue weighted by atomic mass is 10.0. The summed E-state index contributed by atoms with van der Waals surface area (Å²) in [6.45, 7) is 3.63. The van der Waals surface area contributed by atoms with Crippen molar-refractivity contribution in [1.29, 1.82) is 0 Å². The number of piperidine rings is 1. The van der Waals surface area contributed by atoms with Gasteiger partial charge in [0.2, 0.25) is 0 Å². The van der Waals surface area contributed by atoms with Crippen molar-refractivity contribution in [2.24, 2.45) is 0 Å². The van der Waals surface area contributed by atoms with Gasteiger partial charge in [0.1, 0.15) is 6.04 Å². The Labute approximate surface area is 116 Å². The fraction of sp³-hybridized carbons (Fsp3) is 0.500. The van der Waals surface area contributed by atoms with Crippen LogP contribution in [0.4, 0.5) is 0 Å². The highest BCUT2D eigenvalue weighted by Crippen LogP contribution is 2.24. The quantitative estimate of drug-likeness (QED) is 0.932. The molecule has 0 saturated carbocycles. The molecule has 1 aliphatic rings. The largest absolute Gasteiger partial charge is 0.480 e. The number of carboxylic acid groups (broad SMARTS) is 1. The number of carbonyl (C=O) groups is 1. The number of carboxylic acids is 1. The summed E-state index contributed by atoms with van der Waals surface area (Å²) in [4.78, 5) is 13.3. The van der Waals surface area contributed by atoms with Crippen LogP contribution in [0.5, 0.6) is 0 Å². The van der Waals surface area contributed by atoms with Gasteiger partial charge in [-0.1, -0.05) is 34.5 Å². The molecule has 3 nitrogen and oxygen atoms in total. The Morgan fingerprint density at radius 1 is 1.50 bits per heavy atom. The molecular weight excluding hydrogens is 294 g/mol. The predicted molar refractivity (Wildman–Crippen MR) is 74.6 cm³/mol. The first-order valence-corrected chi connectivity index (χ1v) is 7.09. The smallest absolute Gasteiger partial charge is 0.320 e. The molecule has 1 atom stereocenters. The molecule has 98 valence electrons. The van der Waals surface area contributed by atoms with E-state index in [-0.39, 0.29) is 6.04 Å². The van der Waals surface area contributed by atoms with Crippen LogP contribution in [0.15, 0.2) is 22.7 Å². The Morgan fingerprint density at radius 2 is 2.28 bits per heavy atom. The summed E-state index contributed by atoms with van der Waals surface area (Å²) in [5.74, 6) is -0.696. The SMILES string of the molecule is Cc1ccc(CN2CCCCC2C(=O)O)c(Br)c1. The van der Waals surface area contributed by atoms with Gasteiger partial charge in [0, 0.05) is 11.0 Å². The van der Waals surface area contributed by atoms with E-state index in [0.717, 1.165) is 35.8 Å². The van der Waals surface area contributed by atoms with E-state index >= 15 is 0 Å². The van der Waals surface area contributed by atoms with Crippen molar-refractivity contribution >= 4 is 21.9 Å². The molecule has 0 spiro atoms. The molecule has 0 aromatic heterocycles. The molecule has 1 unspecified atom stereocenters. The molecule has 0 aliphatic carbocycles. The Morgan fingerprint density at radius 3 is 2.94 bits per heavy atom. The molecule has 0 bridgehead atoms. The van der Waals surface area contributed by atoms with Crippen molar-refractivity contribution in [1.82, 2.24) is 4.90 Å². The van der Waals surface area contributed by atoms with Crippen molar-refractivity contribution in [2.75, 3.05) is 6.54 Å². The van der Waals surface area contributed by atoms with Gasteiger partial charge in [0.15, 0.2) is 0 Å². The van der Waals surface area contributed by atoms with Crippen LogP contribution in [0.1, 0.15) is 30.4 Å². The number of aliphatic carboxylic acids is 1. The van der Waals surface area contributed by atoms with Crippen molar-refractivity contribution in [3.8, 4) is 0 Å². The van der Waals surface area contributed by atoms with Crippen molar-refractivity contribution in [2.45, 2.75) is 38.8 Å². The molecule has 18 heavy (non-hydrogen) atoms. The molecule has 1 aromatic rings. The highest BCUT2D eigenvalue weighted by atomic mass is 79.9. The molecule has 1 N–H and O–H groups in total. The second-order valence-electron chi connectivity index (χ2n) is 4.92. The fourth-order valence-electron chi connectivity index (χ4n) is 2.46. The molecule has 0 amide bonds. The maximum Gasteiger partial charge on any atom is 0.320 e. The third-order valence-electron chi connectivity index (χ3n) is 3.48. The average molecular weight is 312 g/mol. The molecule has 2 rings (SSSR count). The number of halogens is 1. The summed E-state index contributed by atoms with van der Waals surface area (Å²) in [5, 5.41) is 9.25. The minimum atomic E-state index is -0.696. The van der Waals surface area contributed by atoms with Crippen LogP contribution in [0, 0.1) is 6.92 Å². The third kappa shape index (κ3) is 3.12. The van der Waals surface area contributed by atoms with E-state index in [1.807, 2.05) is 0 Å². The fourth-order valence-corrected chi connectivity index (χ4v) is 3.08. The first kappa shape index (κ1) is 13.6. The van der Waals surface area contributed by atoms with Crippen molar-refractivity contribution in [3.63, 3.8) is 0 Å². The maximum absolute atomic E-state index is 11.2. The minimum absolute atomic E-state index is 0.327. The second-order valence-corrected chi connectivity index (χ2v) is 5.77. The summed E-state index contributed by atoms with van der Waals surface area (Å²) >= 11 is 3.56. The van der Waals surface area contributed by atoms with Crippen LogP contribution in [0.3, 0.4) is 0 Å². The molecular formula is C14H18BrNO2. The Kier molecular flexibility index (Phi) is 4.40. The van der Waals surface area contributed by atoms with E-state index in [2.05, 4.69) is 46.0 Å². The van der Waals surface area contributed by atoms with Crippen LogP contribution in [-0.2, 0) is 11.3 Å². The lowest BCUT2D eigenvalue weighted by Gasteiger charge is -2.33. The summed E-state index contributed by atoms with van der Waals surface area (Å²) in [6, 6.07) is 5.90. The van der Waals surface area contributed by atoms with Gasteiger partial charge in [-0.05, 0) is 43.5 Å². The molecule has 1 fully saturated rings. The van der Waals surface area contributed by atoms with E-state index in [1.165, 1.54) is 5.56 Å². The lowest BCUT2D eigenvalue weighted by Crippen LogP contribution is -2.44. The average Bonchev–Trinajstić information content (AvgIpc) is 2.33. The van der Waals surface area contributed by atoms with Crippen molar-refractivity contribution in [3.05, 3.63) is 33.8 Å². The molecule has 1 heterocycles. The highest BCUT2D eigenvalue weighted by molar-refractivity contribution is 9.10. The number of likely N-dealkylation sites (tertiary alicyclic amines) is 1. The van der Waals surface area contributed by atoms with Gasteiger partial charge < -0.3 is 5.11 Å². The van der Waals surface area contributed by atoms with Crippen LogP contribution >= 0.6 is 15.9 Å². The van der Waals surface area contributed by atoms with Crippen LogP contribution < -0.4 is 0 Å². The summed E-state index contributed by atoms with van der Waals surface area (Å²) in [7, 11) is 0. The Bertz CT molecular complexity index is 447. The third-order valence-corrected chi connectivity index (χ3v) is 4.22. The summed E-state index contributed by atoms with van der Waals surface area (Å²) in [6.07, 6.45) is 2.87. The summed E-state index contributed by atoms with van der Waals surface area (Å²) < 4.78 is 1.07. The van der Waals surface area contributed by atoms with E-state index < -0.39 is 5.97 Å². The highest BCUT2D eigenvalue weighted by Gasteiger charge is 2.28. The van der Waals surface area contributed by atoms with Gasteiger partial charge in [0.25, 0.3) is 0 Å². The standard InChI is InChI=1S/C14H18BrNO2/c1-10-5-6-11(12(15)8-10)9-16-7-3-2-4-13(16)14(17)18/h5-6,8,13H,2-4,7,9H2,1H3,(H,17,18). The normalized spacial score (nSPS) is 20.9. The second kappa shape index (κ2) is 5.85. The Balaban J connectivity index is 2.13. The predicted octanol–water partition coefficient (Wildman–Crippen LogP) is 3.20. The van der Waals surface area contributed by atoms with E-state index in [4.69, 9.17) is 0 Å². The number of hydrogen-bond acceptors (Lipinski definition) is 2. The van der Waals surface area contributed by atoms with Crippen molar-refractivity contribution < 1.29 is 9.90 Å². The zero-order valence-electron chi connectivity index (χ0n) is 10.5. The van der Waals surface area contributed by atoms with Gasteiger partial charge in [-0.3, -0.25) is 9.69 Å². The molecule has 1 aromatic carbocycles. The van der Waals surface area contributed by atoms with E-state index in [1.54, 1.807) is 0 Å². The monoisotopic (exact) mass is 311 g/mol. The number of benzene rings is 1. The lowest BCUT2D eigenvalue weighted by molar-refractivity contribution is -0.144. The van der Waals surface area contributed by atoms with Crippen LogP contribution in [-0.4, -0.2) is 28.6 Å². The van der Waals surface area contributed by atoms with Gasteiger partial charge >= 0.3 is 5.97 Å². The molecule has 1 saturated heterocycles. The number of aryl methyl sites for hydroxylation is 1. The first-order chi connectivity index (χ1) is 8.58. The van der Waals surface area contributed by atoms with Gasteiger partial charge in [-0.15, -0.1) is 0 Å². The van der Waals surface area contributed by atoms with Gasteiger partial charge in [0.05, 0.1) is 0 Å². The summed E-state index contributed by atoms with van der Waals surface area (Å²) in [5.41, 5.74) is 2.37. The van der Waals surface area contributed by atoms with Gasteiger partial charge in [-0.2, -0.15) is 0 Å². The first-order valence-electron chi connectivity index (χ1n) is 6.30. The van der Waals surface area contributed by atoms with Crippen LogP contribution in [0.2, 0.25) is 0 Å². The molecule has 1 aliphatic heterocycles. The zero-order valence-corrected chi connectivity index (χ0v) is 12.1. The number of nitrogens with zero attached hydrogens (tertiary/aromatic N) is 1. The van der Waals surface area contributed by atoms with E-state index in [9.17, 15) is 9.90 Å². The number of hydrogen-bond donors (Lipinski definition) is 1. The van der Waals surface area contributed by atoms with Crippen LogP contribution in [0.25, 0.3) is 0 Å². The molecule has 0 radical (unpaired) electrons.